The van der Waals surface area contributed by atoms with Gasteiger partial charge >= 0.3 is 23.9 Å². The van der Waals surface area contributed by atoms with E-state index in [2.05, 4.69) is 115 Å². The van der Waals surface area contributed by atoms with Crippen LogP contribution in [0.1, 0.15) is 151 Å². The number of aromatic amines is 3. The van der Waals surface area contributed by atoms with Gasteiger partial charge < -0.3 is 88.2 Å². The zero-order valence-corrected chi connectivity index (χ0v) is 79.6. The summed E-state index contributed by atoms with van der Waals surface area (Å²) in [5.74, 6) is -0.310. The molecule has 4 aliphatic heterocycles. The molecule has 0 aliphatic carbocycles. The highest BCUT2D eigenvalue weighted by Crippen LogP contribution is 2.41. The Morgan fingerprint density at radius 2 is 0.828 bits per heavy atom. The van der Waals surface area contributed by atoms with Gasteiger partial charge in [-0.2, -0.15) is 0 Å². The number of carbonyl (C=O) groups is 4. The third-order valence-corrected chi connectivity index (χ3v) is 24.8. The van der Waals surface area contributed by atoms with E-state index in [1.807, 2.05) is 138 Å². The first-order valence-electron chi connectivity index (χ1n) is 42.6. The van der Waals surface area contributed by atoms with E-state index in [9.17, 15) is 24.3 Å². The van der Waals surface area contributed by atoms with Crippen molar-refractivity contribution in [2.75, 3.05) is 31.3 Å². The average molecular weight is 1990 g/mol. The van der Waals surface area contributed by atoms with Crippen LogP contribution in [0.25, 0.3) is 66.2 Å². The van der Waals surface area contributed by atoms with Crippen molar-refractivity contribution in [3.8, 4) is 0 Å². The first-order chi connectivity index (χ1) is 64.4. The number of hydrogen-bond acceptors (Lipinski definition) is 28. The number of aromatic nitrogens is 18. The van der Waals surface area contributed by atoms with Crippen molar-refractivity contribution in [3.63, 3.8) is 0 Å². The number of alkyl halides is 1. The zero-order valence-electron chi connectivity index (χ0n) is 74.3. The number of fused-ring (bicyclic) bond motifs is 6. The third kappa shape index (κ3) is 23.2. The number of esters is 4. The van der Waals surface area contributed by atoms with Gasteiger partial charge in [-0.05, 0) is 167 Å². The number of nitrogens with two attached hydrogens (primary N) is 2. The van der Waals surface area contributed by atoms with Crippen molar-refractivity contribution in [2.45, 2.75) is 168 Å². The van der Waals surface area contributed by atoms with Crippen LogP contribution < -0.4 is 11.5 Å². The van der Waals surface area contributed by atoms with Gasteiger partial charge in [0.15, 0.2) is 0 Å². The summed E-state index contributed by atoms with van der Waals surface area (Å²) in [5.41, 5.74) is 25.7. The van der Waals surface area contributed by atoms with E-state index in [1.54, 1.807) is 60.9 Å². The molecule has 0 radical (unpaired) electrons. The van der Waals surface area contributed by atoms with Gasteiger partial charge in [0.2, 0.25) is 0 Å². The first kappa shape index (κ1) is 97.8. The number of benzene rings is 4. The molecule has 4 aromatic carbocycles. The largest absolute Gasteiger partial charge is 0.459 e. The van der Waals surface area contributed by atoms with Crippen LogP contribution in [0.2, 0.25) is 20.6 Å². The van der Waals surface area contributed by atoms with E-state index in [4.69, 9.17) is 112 Å². The molecule has 4 aliphatic rings. The molecule has 9 N–H and O–H groups in total. The van der Waals surface area contributed by atoms with Gasteiger partial charge in [-0.25, -0.2) is 79.0 Å². The number of nitrogens with one attached hydrogen (secondary N) is 3. The molecule has 34 nitrogen and oxygen atoms in total. The van der Waals surface area contributed by atoms with Crippen LogP contribution in [0.3, 0.4) is 0 Å². The summed E-state index contributed by atoms with van der Waals surface area (Å²) in [5, 5.41) is 25.8. The number of aliphatic hydroxyl groups is 2. The highest BCUT2D eigenvalue weighted by Gasteiger charge is 2.43. The molecule has 16 aromatic rings. The number of H-pyrrole nitrogens is 3. The van der Waals surface area contributed by atoms with Crippen LogP contribution in [0.5, 0.6) is 0 Å². The van der Waals surface area contributed by atoms with Crippen LogP contribution in [0.4, 0.5) is 11.6 Å². The van der Waals surface area contributed by atoms with E-state index < -0.39 is 72.3 Å². The summed E-state index contributed by atoms with van der Waals surface area (Å²) in [7, 11) is 0. The highest BCUT2D eigenvalue weighted by atomic mass is 79.9. The second-order valence-corrected chi connectivity index (χ2v) is 35.1. The number of ether oxygens (including phenoxy) is 8. The maximum atomic E-state index is 12.9. The molecule has 134 heavy (non-hydrogen) atoms. The Hall–Kier alpha value is -12.2. The molecule has 0 saturated carbocycles. The lowest BCUT2D eigenvalue weighted by Gasteiger charge is -2.19. The molecule has 20 rings (SSSR count). The van der Waals surface area contributed by atoms with E-state index >= 15 is 0 Å². The van der Waals surface area contributed by atoms with Crippen molar-refractivity contribution in [2.24, 2.45) is 5.92 Å². The molecule has 0 unspecified atom stereocenters. The van der Waals surface area contributed by atoms with Crippen molar-refractivity contribution in [1.29, 1.82) is 0 Å². The normalized spacial score (nSPS) is 19.9. The van der Waals surface area contributed by atoms with Crippen LogP contribution in [-0.2, 0) is 37.9 Å². The molecular formula is C94H96BrCl5N20O14. The van der Waals surface area contributed by atoms with Gasteiger partial charge in [-0.3, -0.25) is 0 Å². The summed E-state index contributed by atoms with van der Waals surface area (Å²) < 4.78 is 52.6. The lowest BCUT2D eigenvalue weighted by Crippen LogP contribution is -2.32. The van der Waals surface area contributed by atoms with Crippen molar-refractivity contribution < 1.29 is 67.3 Å². The predicted octanol–water partition coefficient (Wildman–Crippen LogP) is 17.9. The number of rotatable bonds is 15. The Kier molecular flexibility index (Phi) is 32.3. The Morgan fingerprint density at radius 3 is 1.29 bits per heavy atom. The molecule has 12 aromatic heterocycles. The predicted molar refractivity (Wildman–Crippen MR) is 511 cm³/mol. The molecule has 0 amide bonds. The SMILES string of the molecule is CC[C@H]1O[C@@H](n2cc(C)c3c(N)ncnc32)C[C@@H]1C.Cc1c[nH]c2ncnc(Cl)c12.Cc1ccc(C(=O)OC[C@H]2O[C@@H](n3cc(C)c4c(Cl)ncnc43)C[C@@H]2OC(=O)c2ccc(C)cc2)cc1.Cc1ccc(C(=O)OC[C@H]2O[C@H](Cl)C[C@@H]2OC(=O)c2ccc(C)cc2)cc1.Cc1cn([C@H]2C[C@H](O)[C@@H](CO)O2)c2ncnc(N)c12.Clc1ncnc2[nH]cc(Br)c12.Clc1ncnc2[nH]ccc12. The number of nitrogen functional groups attached to an aromatic ring is 2. The number of anilines is 2. The van der Waals surface area contributed by atoms with E-state index in [0.29, 0.717) is 97.1 Å². The average Bonchev–Trinajstić information content (AvgIpc) is 1.62. The van der Waals surface area contributed by atoms with Gasteiger partial charge in [0.05, 0.1) is 73.4 Å². The molecule has 40 heteroatoms. The minimum Gasteiger partial charge on any atom is -0.459 e. The molecular weight excluding hydrogens is 1890 g/mol. The summed E-state index contributed by atoms with van der Waals surface area (Å²) >= 11 is 33.0. The van der Waals surface area contributed by atoms with E-state index in [1.165, 1.54) is 38.0 Å². The fourth-order valence-electron chi connectivity index (χ4n) is 15.6. The number of halogens is 6. The Balaban J connectivity index is 0.000000132. The quantitative estimate of drug-likeness (QED) is 0.0217. The lowest BCUT2D eigenvalue weighted by molar-refractivity contribution is -0.0562. The Labute approximate surface area is 801 Å². The molecule has 4 fully saturated rings. The molecule has 4 saturated heterocycles. The number of carbonyl (C=O) groups excluding carboxylic acids is 4. The lowest BCUT2D eigenvalue weighted by atomic mass is 10.0. The van der Waals surface area contributed by atoms with Crippen LogP contribution in [0, 0.1) is 61.3 Å². The Morgan fingerprint density at radius 1 is 0.440 bits per heavy atom. The van der Waals surface area contributed by atoms with Crippen LogP contribution >= 0.6 is 73.9 Å². The molecule has 0 bridgehead atoms. The van der Waals surface area contributed by atoms with Crippen molar-refractivity contribution in [1.82, 2.24) is 88.5 Å². The fourth-order valence-corrected chi connectivity index (χ4v) is 17.5. The summed E-state index contributed by atoms with van der Waals surface area (Å²) in [6.45, 7) is 19.7. The monoisotopic (exact) mass is 1980 g/mol. The molecule has 16 heterocycles. The van der Waals surface area contributed by atoms with Gasteiger partial charge in [0, 0.05) is 60.9 Å². The molecule has 0 spiro atoms. The summed E-state index contributed by atoms with van der Waals surface area (Å²) in [6, 6.07) is 30.3. The summed E-state index contributed by atoms with van der Waals surface area (Å²) in [4.78, 5) is 108. The topological polar surface area (TPSA) is 451 Å². The number of nitrogens with zero attached hydrogens (tertiary/aromatic N) is 15. The maximum absolute atomic E-state index is 12.9. The first-order valence-corrected chi connectivity index (χ1v) is 45.4. The van der Waals surface area contributed by atoms with E-state index in [-0.39, 0.29) is 32.3 Å². The highest BCUT2D eigenvalue weighted by molar-refractivity contribution is 9.10. The third-order valence-electron chi connectivity index (χ3n) is 22.7. The minimum atomic E-state index is -0.677. The smallest absolute Gasteiger partial charge is 0.338 e. The van der Waals surface area contributed by atoms with Gasteiger partial charge in [-0.1, -0.05) is 143 Å². The molecule has 698 valence electrons. The number of hydrogen-bond donors (Lipinski definition) is 7. The maximum Gasteiger partial charge on any atom is 0.338 e. The standard InChI is InChI=1S/C28H26ClN3O5.C21H21ClO5.C14H20N4O.C12H16N4O3.C7H6ClN3.C6H3BrClN3.C6H4ClN3/c1-16-4-8-19(9-5-16)27(33)35-14-22-21(37-28(34)20-10-6-17(2)7-11-20)12-23(36-22)32-13-18(3)24-25(29)30-15-31-26(24)32;1-13-3-7-15(8-4-13)20(23)25-12-18-17(11-19(22)26-18)27-21(24)16-9-5-14(2)6-10-16;1-4-10-8(2)5-11(19-10)18-6-9(3)12-13(15)16-7-17-14(12)18;1-6-3-16(9-2-7(18)8(4-17)19-9)12-10(6)11(13)14-5-15-12;1-4-2-9-7-5(4)6(8)10-3-11-7;7-3-1-9-6-4(3)5(8)10-2-11-6;7-5-4-1-2-8-6(4)10-3-9-5/h4-11,13,15,21-23H,12,14H2,1-3H3;3-10,17-19H,11-12H2,1-2H3;6-8,10-11H,4-5H2,1-3H3,(H2,15,16,17);3,5,7-9,17-18H,2,4H2,1H3,(H2,13,14,15);2-3H,1H3,(H,9,10,11);1-2H,(H,9,10,11);1-3H,(H,8,9,10)/t21-,22+,23+;17-,18+,19-;8-,10+,11+;7-,8+,9+;;;/m0000.../s1. The van der Waals surface area contributed by atoms with Crippen molar-refractivity contribution >= 4 is 176 Å². The number of aliphatic hydroxyl groups excluding tert-OH is 2. The minimum absolute atomic E-state index is 0.0399. The summed E-state index contributed by atoms with van der Waals surface area (Å²) in [6.07, 6.45) is 18.9. The van der Waals surface area contributed by atoms with Crippen LogP contribution in [-0.4, -0.2) is 191 Å². The van der Waals surface area contributed by atoms with Crippen LogP contribution in [0.15, 0.2) is 183 Å². The fraction of sp³-hybridized carbons (Fsp3) is 0.319. The Bertz CT molecular complexity index is 6620. The second kappa shape index (κ2) is 44.3. The van der Waals surface area contributed by atoms with Gasteiger partial charge in [0.25, 0.3) is 0 Å². The molecule has 12 atom stereocenters. The van der Waals surface area contributed by atoms with Crippen molar-refractivity contribution in [3.05, 3.63) is 270 Å². The number of aryl methyl sites for hydroxylation is 8. The zero-order chi connectivity index (χ0) is 95.3. The van der Waals surface area contributed by atoms with E-state index in [0.717, 1.165) is 117 Å². The van der Waals surface area contributed by atoms with Gasteiger partial charge in [0.1, 0.15) is 172 Å². The second-order valence-electron chi connectivity index (χ2n) is 32.3. The van der Waals surface area contributed by atoms with Gasteiger partial charge in [-0.15, -0.1) is 0 Å².